The lowest BCUT2D eigenvalue weighted by Crippen LogP contribution is -2.56. The van der Waals surface area contributed by atoms with Crippen LogP contribution in [0.1, 0.15) is 93.4 Å². The molecule has 2 heteroatoms. The van der Waals surface area contributed by atoms with Gasteiger partial charge in [-0.1, -0.05) is 87.0 Å². The lowest BCUT2D eigenvalue weighted by atomic mass is 9.65. The van der Waals surface area contributed by atoms with E-state index in [9.17, 15) is 0 Å². The van der Waals surface area contributed by atoms with Crippen molar-refractivity contribution in [3.8, 4) is 0 Å². The summed E-state index contributed by atoms with van der Waals surface area (Å²) in [7, 11) is 3.60. The molecule has 1 atom stereocenters. The Labute approximate surface area is 140 Å². The highest BCUT2D eigenvalue weighted by atomic mass is 16.7. The molecule has 0 bridgehead atoms. The molecule has 0 amide bonds. The molecule has 0 saturated heterocycles. The highest BCUT2D eigenvalue weighted by Crippen LogP contribution is 2.49. The average Bonchev–Trinajstić information content (AvgIpc) is 2.39. The van der Waals surface area contributed by atoms with Crippen LogP contribution < -0.4 is 0 Å². The van der Waals surface area contributed by atoms with Gasteiger partial charge in [-0.3, -0.25) is 0 Å². The Hall–Kier alpha value is -0.0800. The van der Waals surface area contributed by atoms with Crippen molar-refractivity contribution in [1.82, 2.24) is 0 Å². The molecule has 0 aromatic rings. The Morgan fingerprint density at radius 2 is 1.18 bits per heavy atom. The van der Waals surface area contributed by atoms with Crippen LogP contribution in [0.3, 0.4) is 0 Å². The van der Waals surface area contributed by atoms with E-state index >= 15 is 0 Å². The lowest BCUT2D eigenvalue weighted by molar-refractivity contribution is -0.310. The van der Waals surface area contributed by atoms with Gasteiger partial charge in [0.25, 0.3) is 0 Å². The second-order valence-corrected chi connectivity index (χ2v) is 8.80. The van der Waals surface area contributed by atoms with Gasteiger partial charge < -0.3 is 9.47 Å². The third-order valence-electron chi connectivity index (χ3n) is 5.00. The van der Waals surface area contributed by atoms with E-state index in [0.29, 0.717) is 5.92 Å². The first-order valence-corrected chi connectivity index (χ1v) is 9.17. The maximum Gasteiger partial charge on any atom is 0.175 e. The topological polar surface area (TPSA) is 18.5 Å². The van der Waals surface area contributed by atoms with Gasteiger partial charge in [0.05, 0.1) is 0 Å². The number of ether oxygens (including phenoxy) is 2. The Kier molecular flexibility index (Phi) is 9.24. The number of rotatable bonds is 10. The largest absolute Gasteiger partial charge is 0.352 e. The van der Waals surface area contributed by atoms with Crippen molar-refractivity contribution in [2.24, 2.45) is 16.7 Å². The molecule has 1 unspecified atom stereocenters. The molecule has 134 valence electrons. The highest BCUT2D eigenvalue weighted by Gasteiger charge is 2.52. The van der Waals surface area contributed by atoms with E-state index < -0.39 is 5.79 Å². The maximum atomic E-state index is 6.01. The molecule has 0 spiro atoms. The monoisotopic (exact) mass is 314 g/mol. The van der Waals surface area contributed by atoms with Crippen LogP contribution in [0.25, 0.3) is 0 Å². The van der Waals surface area contributed by atoms with Gasteiger partial charge in [-0.25, -0.2) is 0 Å². The van der Waals surface area contributed by atoms with E-state index in [0.717, 1.165) is 6.42 Å². The Morgan fingerprint density at radius 3 is 1.55 bits per heavy atom. The fraction of sp³-hybridized carbons (Fsp3) is 1.00. The molecule has 0 radical (unpaired) electrons. The summed E-state index contributed by atoms with van der Waals surface area (Å²) in [5.41, 5.74) is 0.0966. The van der Waals surface area contributed by atoms with Gasteiger partial charge in [-0.05, 0) is 11.8 Å². The molecule has 0 saturated carbocycles. The molecule has 0 aromatic heterocycles. The smallest absolute Gasteiger partial charge is 0.175 e. The number of methoxy groups -OCH3 is 2. The quantitative estimate of drug-likeness (QED) is 0.341. The molecule has 0 heterocycles. The van der Waals surface area contributed by atoms with Crippen LogP contribution in [-0.2, 0) is 9.47 Å². The first kappa shape index (κ1) is 21.9. The van der Waals surface area contributed by atoms with Crippen LogP contribution in [0.15, 0.2) is 0 Å². The van der Waals surface area contributed by atoms with E-state index in [-0.39, 0.29) is 10.8 Å². The van der Waals surface area contributed by atoms with E-state index in [1.807, 2.05) is 0 Å². The Morgan fingerprint density at radius 1 is 0.727 bits per heavy atom. The third kappa shape index (κ3) is 5.85. The maximum absolute atomic E-state index is 6.01. The van der Waals surface area contributed by atoms with E-state index in [2.05, 4.69) is 48.5 Å². The molecule has 0 aromatic carbocycles. The van der Waals surface area contributed by atoms with Crippen molar-refractivity contribution in [1.29, 1.82) is 0 Å². The summed E-state index contributed by atoms with van der Waals surface area (Å²) in [6, 6.07) is 0. The molecule has 22 heavy (non-hydrogen) atoms. The summed E-state index contributed by atoms with van der Waals surface area (Å²) in [6.45, 7) is 15.9. The van der Waals surface area contributed by atoms with Gasteiger partial charge in [0.15, 0.2) is 5.79 Å². The van der Waals surface area contributed by atoms with Crippen LogP contribution in [-0.4, -0.2) is 20.0 Å². The zero-order chi connectivity index (χ0) is 17.4. The fourth-order valence-corrected chi connectivity index (χ4v) is 3.82. The van der Waals surface area contributed by atoms with Crippen LogP contribution in [0.2, 0.25) is 0 Å². The van der Waals surface area contributed by atoms with Crippen LogP contribution in [0.5, 0.6) is 0 Å². The van der Waals surface area contributed by atoms with Crippen molar-refractivity contribution in [3.05, 3.63) is 0 Å². The minimum atomic E-state index is -0.533. The third-order valence-corrected chi connectivity index (χ3v) is 5.00. The van der Waals surface area contributed by atoms with Gasteiger partial charge >= 0.3 is 0 Å². The second-order valence-electron chi connectivity index (χ2n) is 8.80. The van der Waals surface area contributed by atoms with Crippen molar-refractivity contribution in [3.63, 3.8) is 0 Å². The van der Waals surface area contributed by atoms with Crippen LogP contribution in [0, 0.1) is 16.7 Å². The first-order valence-electron chi connectivity index (χ1n) is 9.17. The Bertz CT molecular complexity index is 279. The lowest BCUT2D eigenvalue weighted by Gasteiger charge is -2.52. The SMILES string of the molecule is CCCCCCCCC(C(C)(C)C)C(OC)(OC)C(C)(C)C. The number of unbranched alkanes of at least 4 members (excludes halogenated alkanes) is 5. The van der Waals surface area contributed by atoms with Gasteiger partial charge in [-0.2, -0.15) is 0 Å². The molecule has 0 aliphatic rings. The molecule has 0 fully saturated rings. The summed E-state index contributed by atoms with van der Waals surface area (Å²) in [5, 5.41) is 0. The number of hydrogen-bond acceptors (Lipinski definition) is 2. The van der Waals surface area contributed by atoms with Crippen molar-refractivity contribution >= 4 is 0 Å². The van der Waals surface area contributed by atoms with Gasteiger partial charge in [-0.15, -0.1) is 0 Å². The molecular formula is C20H42O2. The highest BCUT2D eigenvalue weighted by molar-refractivity contribution is 4.95. The van der Waals surface area contributed by atoms with Crippen molar-refractivity contribution < 1.29 is 9.47 Å². The molecule has 0 aliphatic carbocycles. The fourth-order valence-electron chi connectivity index (χ4n) is 3.82. The summed E-state index contributed by atoms with van der Waals surface area (Å²) in [4.78, 5) is 0. The first-order chi connectivity index (χ1) is 10.1. The zero-order valence-corrected chi connectivity index (χ0v) is 16.8. The minimum absolute atomic E-state index is 0.0589. The molecule has 0 aliphatic heterocycles. The normalized spacial score (nSPS) is 15.1. The number of hydrogen-bond donors (Lipinski definition) is 0. The Balaban J connectivity index is 4.97. The predicted molar refractivity (Wildman–Crippen MR) is 97.1 cm³/mol. The van der Waals surface area contributed by atoms with Gasteiger partial charge in [0.1, 0.15) is 0 Å². The predicted octanol–water partition coefficient (Wildman–Crippen LogP) is 6.43. The van der Waals surface area contributed by atoms with E-state index in [1.165, 1.54) is 38.5 Å². The summed E-state index contributed by atoms with van der Waals surface area (Å²) >= 11 is 0. The summed E-state index contributed by atoms with van der Waals surface area (Å²) < 4.78 is 12.0. The van der Waals surface area contributed by atoms with Crippen molar-refractivity contribution in [2.45, 2.75) is 99.2 Å². The summed E-state index contributed by atoms with van der Waals surface area (Å²) in [5.74, 6) is -0.157. The van der Waals surface area contributed by atoms with Crippen LogP contribution in [0.4, 0.5) is 0 Å². The van der Waals surface area contributed by atoms with Crippen LogP contribution >= 0.6 is 0 Å². The average molecular weight is 315 g/mol. The summed E-state index contributed by atoms with van der Waals surface area (Å²) in [6.07, 6.45) is 9.14. The van der Waals surface area contributed by atoms with E-state index in [1.54, 1.807) is 14.2 Å². The minimum Gasteiger partial charge on any atom is -0.352 e. The standard InChI is InChI=1S/C20H42O2/c1-10-11-12-13-14-15-16-17(18(2,3)4)20(21-8,22-9)19(5,6)7/h17H,10-16H2,1-9H3. The molecular weight excluding hydrogens is 272 g/mol. The van der Waals surface area contributed by atoms with E-state index in [4.69, 9.17) is 9.47 Å². The second kappa shape index (κ2) is 9.27. The van der Waals surface area contributed by atoms with Gasteiger partial charge in [0, 0.05) is 25.6 Å². The van der Waals surface area contributed by atoms with Gasteiger partial charge in [0.2, 0.25) is 0 Å². The van der Waals surface area contributed by atoms with Crippen molar-refractivity contribution in [2.75, 3.05) is 14.2 Å². The molecule has 0 rings (SSSR count). The molecule has 0 N–H and O–H groups in total. The zero-order valence-electron chi connectivity index (χ0n) is 16.8. The molecule has 2 nitrogen and oxygen atoms in total.